The van der Waals surface area contributed by atoms with Crippen molar-refractivity contribution in [1.29, 1.82) is 0 Å². The van der Waals surface area contributed by atoms with Crippen LogP contribution in [0.3, 0.4) is 0 Å². The van der Waals surface area contributed by atoms with Crippen LogP contribution in [0.2, 0.25) is 0 Å². The molecule has 1 unspecified atom stereocenters. The largest absolute Gasteiger partial charge is 0.394 e. The Morgan fingerprint density at radius 3 is 2.00 bits per heavy atom. The van der Waals surface area contributed by atoms with Crippen LogP contribution in [0.4, 0.5) is 0 Å². The van der Waals surface area contributed by atoms with E-state index in [0.717, 1.165) is 38.8 Å². The standard InChI is InChI=1S/C12H23Cl2NO/c1-3-5-7-15(8-6-4-2)11(10-16)9-12(13)14/h9,11,16H,3-8,10H2,1-2H3. The Balaban J connectivity index is 4.35. The number of rotatable bonds is 9. The molecule has 2 nitrogen and oxygen atoms in total. The van der Waals surface area contributed by atoms with Gasteiger partial charge in [-0.25, -0.2) is 0 Å². The molecule has 0 saturated heterocycles. The minimum atomic E-state index is -0.0527. The summed E-state index contributed by atoms with van der Waals surface area (Å²) in [7, 11) is 0. The maximum atomic E-state index is 9.34. The SMILES string of the molecule is CCCCN(CCCC)C(C=C(Cl)Cl)CO. The molecule has 96 valence electrons. The van der Waals surface area contributed by atoms with E-state index < -0.39 is 0 Å². The first-order valence-electron chi connectivity index (χ1n) is 6.03. The quantitative estimate of drug-likeness (QED) is 0.691. The van der Waals surface area contributed by atoms with E-state index in [-0.39, 0.29) is 17.1 Å². The molecule has 0 aliphatic heterocycles. The number of nitrogens with zero attached hydrogens (tertiary/aromatic N) is 1. The molecule has 0 saturated carbocycles. The lowest BCUT2D eigenvalue weighted by molar-refractivity contribution is 0.148. The Hall–Kier alpha value is 0.240. The molecule has 1 N–H and O–H groups in total. The summed E-state index contributed by atoms with van der Waals surface area (Å²) in [5, 5.41) is 9.34. The fraction of sp³-hybridized carbons (Fsp3) is 0.833. The van der Waals surface area contributed by atoms with E-state index in [1.165, 1.54) is 0 Å². The lowest BCUT2D eigenvalue weighted by Gasteiger charge is -2.28. The lowest BCUT2D eigenvalue weighted by Crippen LogP contribution is -2.38. The number of hydrogen-bond donors (Lipinski definition) is 1. The third-order valence-corrected chi connectivity index (χ3v) is 2.82. The minimum absolute atomic E-state index is 0.0527. The van der Waals surface area contributed by atoms with Gasteiger partial charge in [-0.3, -0.25) is 4.90 Å². The molecule has 0 fully saturated rings. The van der Waals surface area contributed by atoms with E-state index in [2.05, 4.69) is 18.7 Å². The van der Waals surface area contributed by atoms with Crippen molar-refractivity contribution in [2.24, 2.45) is 0 Å². The van der Waals surface area contributed by atoms with Gasteiger partial charge in [-0.05, 0) is 32.0 Å². The van der Waals surface area contributed by atoms with E-state index in [0.29, 0.717) is 0 Å². The van der Waals surface area contributed by atoms with Crippen LogP contribution >= 0.6 is 23.2 Å². The molecule has 0 aliphatic rings. The van der Waals surface area contributed by atoms with Crippen molar-refractivity contribution in [2.45, 2.75) is 45.6 Å². The summed E-state index contributed by atoms with van der Waals surface area (Å²) < 4.78 is 0.233. The summed E-state index contributed by atoms with van der Waals surface area (Å²) in [5.74, 6) is 0. The smallest absolute Gasteiger partial charge is 0.104 e. The normalized spacial score (nSPS) is 12.9. The average molecular weight is 268 g/mol. The van der Waals surface area contributed by atoms with Crippen LogP contribution < -0.4 is 0 Å². The van der Waals surface area contributed by atoms with E-state index in [4.69, 9.17) is 23.2 Å². The van der Waals surface area contributed by atoms with Crippen LogP contribution in [0.25, 0.3) is 0 Å². The lowest BCUT2D eigenvalue weighted by atomic mass is 10.2. The van der Waals surface area contributed by atoms with Gasteiger partial charge in [-0.15, -0.1) is 0 Å². The summed E-state index contributed by atoms with van der Waals surface area (Å²) in [6, 6.07) is -0.0527. The molecule has 0 radical (unpaired) electrons. The zero-order valence-corrected chi connectivity index (χ0v) is 11.8. The maximum absolute atomic E-state index is 9.34. The van der Waals surface area contributed by atoms with Gasteiger partial charge >= 0.3 is 0 Å². The molecule has 0 spiro atoms. The molecule has 4 heteroatoms. The monoisotopic (exact) mass is 267 g/mol. The molecule has 0 aromatic rings. The first-order valence-corrected chi connectivity index (χ1v) is 6.79. The summed E-state index contributed by atoms with van der Waals surface area (Å²) in [5.41, 5.74) is 0. The van der Waals surface area contributed by atoms with Gasteiger partial charge in [0.2, 0.25) is 0 Å². The van der Waals surface area contributed by atoms with Crippen molar-refractivity contribution in [3.63, 3.8) is 0 Å². The highest BCUT2D eigenvalue weighted by Crippen LogP contribution is 2.13. The van der Waals surface area contributed by atoms with E-state index in [1.807, 2.05) is 0 Å². The van der Waals surface area contributed by atoms with Crippen molar-refractivity contribution in [2.75, 3.05) is 19.7 Å². The highest BCUT2D eigenvalue weighted by molar-refractivity contribution is 6.55. The predicted molar refractivity (Wildman–Crippen MR) is 72.1 cm³/mol. The molecular formula is C12H23Cl2NO. The second kappa shape index (κ2) is 10.4. The van der Waals surface area contributed by atoms with Crippen LogP contribution in [0.15, 0.2) is 10.6 Å². The fourth-order valence-electron chi connectivity index (χ4n) is 1.58. The molecular weight excluding hydrogens is 245 g/mol. The Morgan fingerprint density at radius 2 is 1.69 bits per heavy atom. The van der Waals surface area contributed by atoms with E-state index in [1.54, 1.807) is 6.08 Å². The number of unbranched alkanes of at least 4 members (excludes halogenated alkanes) is 2. The minimum Gasteiger partial charge on any atom is -0.394 e. The molecule has 0 aliphatic carbocycles. The van der Waals surface area contributed by atoms with Crippen molar-refractivity contribution in [1.82, 2.24) is 4.90 Å². The molecule has 0 bridgehead atoms. The van der Waals surface area contributed by atoms with Gasteiger partial charge in [-0.1, -0.05) is 49.9 Å². The van der Waals surface area contributed by atoms with E-state index in [9.17, 15) is 5.11 Å². The number of halogens is 2. The van der Waals surface area contributed by atoms with Gasteiger partial charge in [0.25, 0.3) is 0 Å². The summed E-state index contributed by atoms with van der Waals surface area (Å²) in [4.78, 5) is 2.25. The summed E-state index contributed by atoms with van der Waals surface area (Å²) in [6.45, 7) is 6.36. The highest BCUT2D eigenvalue weighted by atomic mass is 35.5. The van der Waals surface area contributed by atoms with Crippen LogP contribution in [0.5, 0.6) is 0 Å². The summed E-state index contributed by atoms with van der Waals surface area (Å²) >= 11 is 11.3. The fourth-order valence-corrected chi connectivity index (χ4v) is 1.88. The molecule has 16 heavy (non-hydrogen) atoms. The van der Waals surface area contributed by atoms with Gasteiger partial charge in [0.05, 0.1) is 12.6 Å². The third-order valence-electron chi connectivity index (χ3n) is 2.57. The Kier molecular flexibility index (Phi) is 10.6. The zero-order valence-electron chi connectivity index (χ0n) is 10.3. The molecule has 0 heterocycles. The Morgan fingerprint density at radius 1 is 1.19 bits per heavy atom. The van der Waals surface area contributed by atoms with Gasteiger partial charge in [-0.2, -0.15) is 0 Å². The molecule has 0 aromatic heterocycles. The second-order valence-electron chi connectivity index (χ2n) is 3.95. The molecule has 0 amide bonds. The highest BCUT2D eigenvalue weighted by Gasteiger charge is 2.14. The van der Waals surface area contributed by atoms with Crippen LogP contribution in [-0.2, 0) is 0 Å². The van der Waals surface area contributed by atoms with Crippen molar-refractivity contribution < 1.29 is 5.11 Å². The first-order chi connectivity index (χ1) is 7.65. The number of hydrogen-bond acceptors (Lipinski definition) is 2. The third kappa shape index (κ3) is 7.50. The topological polar surface area (TPSA) is 23.5 Å². The van der Waals surface area contributed by atoms with Gasteiger partial charge in [0.1, 0.15) is 4.49 Å². The van der Waals surface area contributed by atoms with E-state index >= 15 is 0 Å². The van der Waals surface area contributed by atoms with Crippen LogP contribution in [-0.4, -0.2) is 35.7 Å². The maximum Gasteiger partial charge on any atom is 0.104 e. The van der Waals surface area contributed by atoms with Crippen molar-refractivity contribution in [3.8, 4) is 0 Å². The second-order valence-corrected chi connectivity index (χ2v) is 4.96. The average Bonchev–Trinajstić information content (AvgIpc) is 2.26. The first kappa shape index (κ1) is 16.2. The number of aliphatic hydroxyl groups excluding tert-OH is 1. The molecule has 0 aromatic carbocycles. The van der Waals surface area contributed by atoms with Crippen LogP contribution in [0, 0.1) is 0 Å². The zero-order chi connectivity index (χ0) is 12.4. The molecule has 0 rings (SSSR count). The van der Waals surface area contributed by atoms with Gasteiger partial charge in [0, 0.05) is 0 Å². The molecule has 1 atom stereocenters. The predicted octanol–water partition coefficient (Wildman–Crippen LogP) is 3.57. The summed E-state index contributed by atoms with van der Waals surface area (Å²) in [6.07, 6.45) is 6.29. The van der Waals surface area contributed by atoms with Crippen molar-refractivity contribution >= 4 is 23.2 Å². The Bertz CT molecular complexity index is 185. The van der Waals surface area contributed by atoms with Gasteiger partial charge in [0.15, 0.2) is 0 Å². The number of aliphatic hydroxyl groups is 1. The Labute approximate surface area is 109 Å². The van der Waals surface area contributed by atoms with Crippen LogP contribution in [0.1, 0.15) is 39.5 Å². The van der Waals surface area contributed by atoms with Gasteiger partial charge < -0.3 is 5.11 Å². The van der Waals surface area contributed by atoms with Crippen molar-refractivity contribution in [3.05, 3.63) is 10.6 Å².